The van der Waals surface area contributed by atoms with E-state index in [1.807, 2.05) is 13.1 Å². The molecular weight excluding hydrogens is 403 g/mol. The maximum atomic E-state index is 12.3. The molecule has 1 amide bonds. The molecule has 3 rings (SSSR count). The molecule has 2 aliphatic heterocycles. The molecule has 25 heavy (non-hydrogen) atoms. The summed E-state index contributed by atoms with van der Waals surface area (Å²) in [6, 6.07) is 0. The second-order valence-electron chi connectivity index (χ2n) is 6.40. The number of halogens is 3. The number of hydrogen-bond donors (Lipinski definition) is 1. The van der Waals surface area contributed by atoms with Gasteiger partial charge in [0.1, 0.15) is 0 Å². The zero-order chi connectivity index (χ0) is 15.4. The van der Waals surface area contributed by atoms with Crippen LogP contribution in [0.3, 0.4) is 0 Å². The first-order valence-corrected chi connectivity index (χ1v) is 9.14. The van der Waals surface area contributed by atoms with Gasteiger partial charge in [0.05, 0.1) is 5.01 Å². The number of hydrogen-bond acceptors (Lipinski definition) is 5. The van der Waals surface area contributed by atoms with Gasteiger partial charge in [-0.3, -0.25) is 9.69 Å². The summed E-state index contributed by atoms with van der Waals surface area (Å²) in [6.07, 6.45) is 4.98. The van der Waals surface area contributed by atoms with E-state index in [2.05, 4.69) is 20.1 Å². The summed E-state index contributed by atoms with van der Waals surface area (Å²) in [5, 5.41) is 4.50. The zero-order valence-electron chi connectivity index (χ0n) is 14.6. The molecule has 0 bridgehead atoms. The van der Waals surface area contributed by atoms with Crippen molar-refractivity contribution in [2.75, 3.05) is 39.3 Å². The van der Waals surface area contributed by atoms with E-state index < -0.39 is 0 Å². The number of aromatic nitrogens is 1. The summed E-state index contributed by atoms with van der Waals surface area (Å²) in [7, 11) is 0. The lowest BCUT2D eigenvalue weighted by atomic mass is 10.0. The van der Waals surface area contributed by atoms with Gasteiger partial charge in [-0.15, -0.1) is 48.6 Å². The predicted molar refractivity (Wildman–Crippen MR) is 111 cm³/mol. The maximum absolute atomic E-state index is 12.3. The van der Waals surface area contributed by atoms with Crippen molar-refractivity contribution in [2.24, 2.45) is 5.92 Å². The van der Waals surface area contributed by atoms with Gasteiger partial charge in [0.25, 0.3) is 0 Å². The number of nitrogens with one attached hydrogen (secondary N) is 1. The fourth-order valence-electron chi connectivity index (χ4n) is 3.30. The third kappa shape index (κ3) is 7.57. The first-order chi connectivity index (χ1) is 10.7. The van der Waals surface area contributed by atoms with Crippen LogP contribution in [0.5, 0.6) is 0 Å². The molecule has 2 fully saturated rings. The maximum Gasteiger partial charge on any atom is 0.222 e. The minimum atomic E-state index is 0. The van der Waals surface area contributed by atoms with Gasteiger partial charge in [0, 0.05) is 50.2 Å². The number of thiazole rings is 1. The van der Waals surface area contributed by atoms with E-state index in [4.69, 9.17) is 0 Å². The predicted octanol–water partition coefficient (Wildman–Crippen LogP) is 2.75. The van der Waals surface area contributed by atoms with Gasteiger partial charge in [-0.2, -0.15) is 0 Å². The Hall–Kier alpha value is -0.110. The number of aryl methyl sites for hydroxylation is 1. The third-order valence-electron chi connectivity index (χ3n) is 4.70. The highest BCUT2D eigenvalue weighted by Crippen LogP contribution is 2.17. The van der Waals surface area contributed by atoms with Gasteiger partial charge in [0.2, 0.25) is 5.91 Å². The van der Waals surface area contributed by atoms with Crippen LogP contribution in [0.2, 0.25) is 0 Å². The molecule has 146 valence electrons. The molecule has 0 aliphatic carbocycles. The molecule has 3 heterocycles. The summed E-state index contributed by atoms with van der Waals surface area (Å²) in [5.74, 6) is 1.06. The molecular formula is C16H29Cl3N4OS. The van der Waals surface area contributed by atoms with Crippen LogP contribution in [0.4, 0.5) is 0 Å². The second kappa shape index (κ2) is 12.3. The monoisotopic (exact) mass is 430 g/mol. The van der Waals surface area contributed by atoms with E-state index in [-0.39, 0.29) is 37.2 Å². The van der Waals surface area contributed by atoms with Crippen LogP contribution >= 0.6 is 48.6 Å². The highest BCUT2D eigenvalue weighted by atomic mass is 35.5. The van der Waals surface area contributed by atoms with Gasteiger partial charge in [-0.1, -0.05) is 0 Å². The highest BCUT2D eigenvalue weighted by Gasteiger charge is 2.23. The molecule has 5 nitrogen and oxygen atoms in total. The van der Waals surface area contributed by atoms with Gasteiger partial charge in [-0.05, 0) is 38.8 Å². The fraction of sp³-hybridized carbons (Fsp3) is 0.750. The topological polar surface area (TPSA) is 48.5 Å². The molecule has 9 heteroatoms. The van der Waals surface area contributed by atoms with Crippen molar-refractivity contribution in [2.45, 2.75) is 32.7 Å². The Balaban J connectivity index is 0.00000192. The average molecular weight is 432 g/mol. The second-order valence-corrected chi connectivity index (χ2v) is 7.72. The molecule has 0 radical (unpaired) electrons. The number of carbonyl (C=O) groups excluding carboxylic acids is 1. The molecule has 1 atom stereocenters. The smallest absolute Gasteiger partial charge is 0.222 e. The largest absolute Gasteiger partial charge is 0.340 e. The number of piperazine rings is 1. The van der Waals surface area contributed by atoms with Crippen LogP contribution < -0.4 is 5.32 Å². The Kier molecular flexibility index (Phi) is 12.3. The van der Waals surface area contributed by atoms with Crippen molar-refractivity contribution in [3.8, 4) is 0 Å². The number of carbonyl (C=O) groups is 1. The van der Waals surface area contributed by atoms with Crippen LogP contribution in [0, 0.1) is 12.8 Å². The van der Waals surface area contributed by atoms with Crippen LogP contribution in [0.1, 0.15) is 29.1 Å². The van der Waals surface area contributed by atoms with Crippen molar-refractivity contribution >= 4 is 54.5 Å². The van der Waals surface area contributed by atoms with Crippen molar-refractivity contribution in [1.29, 1.82) is 0 Å². The van der Waals surface area contributed by atoms with E-state index in [9.17, 15) is 4.79 Å². The van der Waals surface area contributed by atoms with E-state index in [1.165, 1.54) is 11.3 Å². The number of rotatable bonds is 5. The molecule has 2 saturated heterocycles. The summed E-state index contributed by atoms with van der Waals surface area (Å²) in [5.41, 5.74) is 0. The first kappa shape index (κ1) is 24.9. The van der Waals surface area contributed by atoms with Crippen LogP contribution in [0.15, 0.2) is 6.20 Å². The minimum Gasteiger partial charge on any atom is -0.340 e. The molecule has 0 saturated carbocycles. The van der Waals surface area contributed by atoms with Crippen LogP contribution in [-0.2, 0) is 11.3 Å². The zero-order valence-corrected chi connectivity index (χ0v) is 17.9. The van der Waals surface area contributed by atoms with Crippen LogP contribution in [-0.4, -0.2) is 60.0 Å². The van der Waals surface area contributed by atoms with Crippen molar-refractivity contribution in [3.05, 3.63) is 16.1 Å². The summed E-state index contributed by atoms with van der Waals surface area (Å²) >= 11 is 1.77. The summed E-state index contributed by atoms with van der Waals surface area (Å²) in [6.45, 7) is 8.94. The average Bonchev–Trinajstić information content (AvgIpc) is 3.17. The molecule has 2 aliphatic rings. The summed E-state index contributed by atoms with van der Waals surface area (Å²) in [4.78, 5) is 22.4. The molecule has 1 unspecified atom stereocenters. The van der Waals surface area contributed by atoms with Gasteiger partial charge in [0.15, 0.2) is 0 Å². The Morgan fingerprint density at radius 2 is 2.00 bits per heavy atom. The van der Waals surface area contributed by atoms with Crippen molar-refractivity contribution in [1.82, 2.24) is 20.1 Å². The van der Waals surface area contributed by atoms with Crippen molar-refractivity contribution < 1.29 is 4.79 Å². The lowest BCUT2D eigenvalue weighted by Crippen LogP contribution is -2.48. The Morgan fingerprint density at radius 1 is 1.28 bits per heavy atom. The quantitative estimate of drug-likeness (QED) is 0.779. The van der Waals surface area contributed by atoms with E-state index in [0.29, 0.717) is 11.8 Å². The number of amides is 1. The lowest BCUT2D eigenvalue weighted by molar-refractivity contribution is -0.133. The molecule has 0 spiro atoms. The Bertz CT molecular complexity index is 503. The van der Waals surface area contributed by atoms with Gasteiger partial charge >= 0.3 is 0 Å². The highest BCUT2D eigenvalue weighted by molar-refractivity contribution is 7.11. The van der Waals surface area contributed by atoms with Gasteiger partial charge in [-0.25, -0.2) is 4.98 Å². The van der Waals surface area contributed by atoms with E-state index in [1.54, 1.807) is 11.3 Å². The Morgan fingerprint density at radius 3 is 2.56 bits per heavy atom. The minimum absolute atomic E-state index is 0. The Labute approximate surface area is 173 Å². The fourth-order valence-corrected chi connectivity index (χ4v) is 4.14. The van der Waals surface area contributed by atoms with Gasteiger partial charge < -0.3 is 10.2 Å². The molecule has 1 aromatic rings. The van der Waals surface area contributed by atoms with Crippen LogP contribution in [0.25, 0.3) is 0 Å². The summed E-state index contributed by atoms with van der Waals surface area (Å²) < 4.78 is 0. The van der Waals surface area contributed by atoms with E-state index >= 15 is 0 Å². The van der Waals surface area contributed by atoms with Crippen molar-refractivity contribution in [3.63, 3.8) is 0 Å². The lowest BCUT2D eigenvalue weighted by Gasteiger charge is -2.34. The molecule has 1 aromatic heterocycles. The molecule has 0 aromatic carbocycles. The third-order valence-corrected chi connectivity index (χ3v) is 5.60. The SMILES string of the molecule is Cc1ncc(CN2CCN(C(=O)CCC3CCNC3)CC2)s1.Cl.Cl.Cl. The number of nitrogens with zero attached hydrogens (tertiary/aromatic N) is 3. The standard InChI is InChI=1S/C16H26N4OS.3ClH/c1-13-18-11-15(22-13)12-19-6-8-20(9-7-19)16(21)3-2-14-4-5-17-10-14;;;/h11,14,17H,2-10,12H2,1H3;3*1H. The normalized spacial score (nSPS) is 20.4. The first-order valence-electron chi connectivity index (χ1n) is 8.33. The van der Waals surface area contributed by atoms with E-state index in [0.717, 1.165) is 63.7 Å². The molecule has 1 N–H and O–H groups in total.